The van der Waals surface area contributed by atoms with E-state index in [0.29, 0.717) is 18.3 Å². The van der Waals surface area contributed by atoms with Gasteiger partial charge in [-0.2, -0.15) is 0 Å². The molecule has 2 rings (SSSR count). The molecule has 1 aliphatic heterocycles. The zero-order chi connectivity index (χ0) is 15.1. The van der Waals surface area contributed by atoms with E-state index in [0.717, 1.165) is 24.6 Å². The van der Waals surface area contributed by atoms with Crippen LogP contribution in [0.25, 0.3) is 0 Å². The molecule has 6 heteroatoms. The van der Waals surface area contributed by atoms with Gasteiger partial charge in [0, 0.05) is 19.6 Å². The van der Waals surface area contributed by atoms with Crippen molar-refractivity contribution >= 4 is 0 Å². The second-order valence-electron chi connectivity index (χ2n) is 5.57. The SMILES string of the molecule is COc1ncnc(OC)c1CNCCN1CCC(C)CC1. The number of aromatic nitrogens is 2. The minimum atomic E-state index is 0.571. The normalized spacial score (nSPS) is 16.9. The first-order chi connectivity index (χ1) is 10.2. The molecule has 1 aromatic heterocycles. The molecule has 0 radical (unpaired) electrons. The van der Waals surface area contributed by atoms with Gasteiger partial charge in [-0.1, -0.05) is 6.92 Å². The molecule has 1 aromatic rings. The van der Waals surface area contributed by atoms with Crippen LogP contribution in [0.3, 0.4) is 0 Å². The van der Waals surface area contributed by atoms with E-state index >= 15 is 0 Å². The van der Waals surface area contributed by atoms with Crippen LogP contribution in [-0.2, 0) is 6.54 Å². The molecular formula is C15H26N4O2. The van der Waals surface area contributed by atoms with Crippen LogP contribution in [0.1, 0.15) is 25.3 Å². The Morgan fingerprint density at radius 1 is 1.19 bits per heavy atom. The molecule has 1 N–H and O–H groups in total. The van der Waals surface area contributed by atoms with Gasteiger partial charge in [0.2, 0.25) is 11.8 Å². The fourth-order valence-electron chi connectivity index (χ4n) is 2.62. The van der Waals surface area contributed by atoms with Gasteiger partial charge in [0.1, 0.15) is 6.33 Å². The second kappa shape index (κ2) is 8.14. The van der Waals surface area contributed by atoms with Gasteiger partial charge in [-0.15, -0.1) is 0 Å². The van der Waals surface area contributed by atoms with Crippen molar-refractivity contribution in [3.63, 3.8) is 0 Å². The number of ether oxygens (including phenoxy) is 2. The standard InChI is InChI=1S/C15H26N4O2/c1-12-4-7-19(8-5-12)9-6-16-10-13-14(20-2)17-11-18-15(13)21-3/h11-12,16H,4-10H2,1-3H3. The van der Waals surface area contributed by atoms with Crippen molar-refractivity contribution in [2.75, 3.05) is 40.4 Å². The van der Waals surface area contributed by atoms with Crippen LogP contribution in [0.15, 0.2) is 6.33 Å². The molecule has 6 nitrogen and oxygen atoms in total. The molecule has 0 spiro atoms. The monoisotopic (exact) mass is 294 g/mol. The van der Waals surface area contributed by atoms with E-state index in [-0.39, 0.29) is 0 Å². The van der Waals surface area contributed by atoms with Gasteiger partial charge in [0.15, 0.2) is 0 Å². The van der Waals surface area contributed by atoms with Gasteiger partial charge in [-0.05, 0) is 31.8 Å². The first-order valence-electron chi connectivity index (χ1n) is 7.59. The Labute approximate surface area is 126 Å². The van der Waals surface area contributed by atoms with Gasteiger partial charge in [-0.25, -0.2) is 9.97 Å². The predicted octanol–water partition coefficient (Wildman–Crippen LogP) is 1.32. The molecule has 0 aliphatic carbocycles. The summed E-state index contributed by atoms with van der Waals surface area (Å²) in [5.74, 6) is 2.02. The molecule has 0 saturated carbocycles. The van der Waals surface area contributed by atoms with E-state index < -0.39 is 0 Å². The summed E-state index contributed by atoms with van der Waals surface area (Å²) < 4.78 is 10.5. The van der Waals surface area contributed by atoms with E-state index in [4.69, 9.17) is 9.47 Å². The van der Waals surface area contributed by atoms with Crippen molar-refractivity contribution < 1.29 is 9.47 Å². The minimum absolute atomic E-state index is 0.571. The van der Waals surface area contributed by atoms with Crippen molar-refractivity contribution in [1.82, 2.24) is 20.2 Å². The largest absolute Gasteiger partial charge is 0.481 e. The highest BCUT2D eigenvalue weighted by Gasteiger charge is 2.15. The van der Waals surface area contributed by atoms with Crippen LogP contribution in [0.4, 0.5) is 0 Å². The molecule has 1 fully saturated rings. The lowest BCUT2D eigenvalue weighted by atomic mass is 9.99. The fraction of sp³-hybridized carbons (Fsp3) is 0.733. The lowest BCUT2D eigenvalue weighted by Gasteiger charge is -2.30. The maximum Gasteiger partial charge on any atom is 0.224 e. The fourth-order valence-corrected chi connectivity index (χ4v) is 2.62. The van der Waals surface area contributed by atoms with Crippen molar-refractivity contribution in [3.05, 3.63) is 11.9 Å². The Bertz CT molecular complexity index is 411. The van der Waals surface area contributed by atoms with Crippen molar-refractivity contribution in [2.45, 2.75) is 26.3 Å². The van der Waals surface area contributed by atoms with E-state index in [9.17, 15) is 0 Å². The maximum absolute atomic E-state index is 5.27. The minimum Gasteiger partial charge on any atom is -0.481 e. The van der Waals surface area contributed by atoms with Crippen molar-refractivity contribution in [3.8, 4) is 11.8 Å². The van der Waals surface area contributed by atoms with Gasteiger partial charge >= 0.3 is 0 Å². The average Bonchev–Trinajstić information content (AvgIpc) is 2.53. The summed E-state index contributed by atoms with van der Waals surface area (Å²) >= 11 is 0. The molecule has 1 saturated heterocycles. The number of nitrogens with zero attached hydrogens (tertiary/aromatic N) is 3. The summed E-state index contributed by atoms with van der Waals surface area (Å²) in [5, 5.41) is 3.43. The van der Waals surface area contributed by atoms with Crippen LogP contribution in [0, 0.1) is 5.92 Å². The predicted molar refractivity (Wildman–Crippen MR) is 81.7 cm³/mol. The van der Waals surface area contributed by atoms with Crippen molar-refractivity contribution in [2.24, 2.45) is 5.92 Å². The van der Waals surface area contributed by atoms with Crippen LogP contribution in [0.2, 0.25) is 0 Å². The first-order valence-corrected chi connectivity index (χ1v) is 7.59. The molecule has 0 unspecified atom stereocenters. The Morgan fingerprint density at radius 3 is 2.38 bits per heavy atom. The molecule has 0 atom stereocenters. The van der Waals surface area contributed by atoms with Crippen LogP contribution >= 0.6 is 0 Å². The summed E-state index contributed by atoms with van der Waals surface area (Å²) in [6, 6.07) is 0. The molecule has 0 aromatic carbocycles. The highest BCUT2D eigenvalue weighted by atomic mass is 16.5. The molecule has 1 aliphatic rings. The number of hydrogen-bond donors (Lipinski definition) is 1. The molecule has 0 amide bonds. The molecule has 2 heterocycles. The zero-order valence-corrected chi connectivity index (χ0v) is 13.3. The lowest BCUT2D eigenvalue weighted by Crippen LogP contribution is -2.37. The molecular weight excluding hydrogens is 268 g/mol. The number of piperidine rings is 1. The quantitative estimate of drug-likeness (QED) is 0.765. The van der Waals surface area contributed by atoms with Crippen LogP contribution < -0.4 is 14.8 Å². The average molecular weight is 294 g/mol. The van der Waals surface area contributed by atoms with Crippen molar-refractivity contribution in [1.29, 1.82) is 0 Å². The lowest BCUT2D eigenvalue weighted by molar-refractivity contribution is 0.193. The number of hydrogen-bond acceptors (Lipinski definition) is 6. The van der Waals surface area contributed by atoms with E-state index in [1.54, 1.807) is 14.2 Å². The van der Waals surface area contributed by atoms with Gasteiger partial charge in [-0.3, -0.25) is 0 Å². The smallest absolute Gasteiger partial charge is 0.224 e. The van der Waals surface area contributed by atoms with E-state index in [2.05, 4.69) is 27.1 Å². The summed E-state index contributed by atoms with van der Waals surface area (Å²) in [7, 11) is 3.22. The highest BCUT2D eigenvalue weighted by Crippen LogP contribution is 2.22. The third kappa shape index (κ3) is 4.54. The highest BCUT2D eigenvalue weighted by molar-refractivity contribution is 5.34. The second-order valence-corrected chi connectivity index (χ2v) is 5.57. The number of methoxy groups -OCH3 is 2. The van der Waals surface area contributed by atoms with Gasteiger partial charge in [0.25, 0.3) is 0 Å². The van der Waals surface area contributed by atoms with Gasteiger partial charge < -0.3 is 19.7 Å². The Kier molecular flexibility index (Phi) is 6.20. The Morgan fingerprint density at radius 2 is 1.81 bits per heavy atom. The van der Waals surface area contributed by atoms with Gasteiger partial charge in [0.05, 0.1) is 19.8 Å². The third-order valence-corrected chi connectivity index (χ3v) is 4.04. The van der Waals surface area contributed by atoms with Crippen LogP contribution in [-0.4, -0.2) is 55.3 Å². The zero-order valence-electron chi connectivity index (χ0n) is 13.3. The number of nitrogens with one attached hydrogen (secondary N) is 1. The molecule has 0 bridgehead atoms. The Balaban J connectivity index is 1.78. The van der Waals surface area contributed by atoms with E-state index in [1.807, 2.05) is 0 Å². The number of rotatable bonds is 7. The third-order valence-electron chi connectivity index (χ3n) is 4.04. The summed E-state index contributed by atoms with van der Waals surface area (Å²) in [6.45, 7) is 7.43. The number of likely N-dealkylation sites (tertiary alicyclic amines) is 1. The molecule has 21 heavy (non-hydrogen) atoms. The Hall–Kier alpha value is -1.40. The summed E-state index contributed by atoms with van der Waals surface area (Å²) in [5.41, 5.74) is 0.870. The van der Waals surface area contributed by atoms with E-state index in [1.165, 1.54) is 32.3 Å². The topological polar surface area (TPSA) is 59.5 Å². The summed E-state index contributed by atoms with van der Waals surface area (Å²) in [4.78, 5) is 10.8. The van der Waals surface area contributed by atoms with Crippen LogP contribution in [0.5, 0.6) is 11.8 Å². The molecule has 118 valence electrons. The first kappa shape index (κ1) is 16.0. The maximum atomic E-state index is 5.27. The summed E-state index contributed by atoms with van der Waals surface area (Å²) in [6.07, 6.45) is 4.08.